The van der Waals surface area contributed by atoms with Crippen LogP contribution in [0.5, 0.6) is 5.75 Å². The number of hydrogen-bond donors (Lipinski definition) is 2. The van der Waals surface area contributed by atoms with Crippen LogP contribution in [0.25, 0.3) is 5.70 Å². The molecule has 8 heteroatoms. The molecule has 0 aromatic heterocycles. The molecule has 2 rings (SSSR count). The van der Waals surface area contributed by atoms with Gasteiger partial charge in [0.2, 0.25) is 6.29 Å². The number of aryl methyl sites for hydroxylation is 1. The van der Waals surface area contributed by atoms with Crippen LogP contribution in [0, 0.1) is 18.8 Å². The Bertz CT molecular complexity index is 779. The molecule has 32 heavy (non-hydrogen) atoms. The fourth-order valence-corrected chi connectivity index (χ4v) is 3.18. The van der Waals surface area contributed by atoms with Gasteiger partial charge < -0.3 is 19.7 Å². The van der Waals surface area contributed by atoms with Crippen LogP contribution in [0.4, 0.5) is 13.2 Å². The number of allylic oxidation sites excluding steroid dienone is 2. The van der Waals surface area contributed by atoms with Gasteiger partial charge in [-0.1, -0.05) is 26.0 Å². The van der Waals surface area contributed by atoms with Gasteiger partial charge in [-0.2, -0.15) is 13.2 Å². The van der Waals surface area contributed by atoms with Gasteiger partial charge in [-0.15, -0.1) is 6.58 Å². The average Bonchev–Trinajstić information content (AvgIpc) is 2.87. The third-order valence-corrected chi connectivity index (χ3v) is 5.18. The molecule has 1 unspecified atom stereocenters. The zero-order valence-corrected chi connectivity index (χ0v) is 19.1. The molecule has 1 aliphatic heterocycles. The lowest BCUT2D eigenvalue weighted by molar-refractivity contribution is -0.171. The van der Waals surface area contributed by atoms with E-state index in [-0.39, 0.29) is 18.6 Å². The number of rotatable bonds is 6. The first-order valence-electron chi connectivity index (χ1n) is 10.5. The summed E-state index contributed by atoms with van der Waals surface area (Å²) in [5.41, 5.74) is 2.69. The first-order valence-corrected chi connectivity index (χ1v) is 10.5. The van der Waals surface area contributed by atoms with Crippen molar-refractivity contribution in [1.82, 2.24) is 0 Å². The quantitative estimate of drug-likeness (QED) is 0.449. The number of benzene rings is 1. The molecule has 1 aliphatic rings. The van der Waals surface area contributed by atoms with Crippen molar-refractivity contribution in [1.29, 1.82) is 0 Å². The summed E-state index contributed by atoms with van der Waals surface area (Å²) in [6.45, 7) is 13.5. The van der Waals surface area contributed by atoms with E-state index >= 15 is 0 Å². The largest absolute Gasteiger partial charge is 0.462 e. The third kappa shape index (κ3) is 8.41. The summed E-state index contributed by atoms with van der Waals surface area (Å²) in [6, 6.07) is 5.72. The van der Waals surface area contributed by atoms with Crippen LogP contribution >= 0.6 is 0 Å². The van der Waals surface area contributed by atoms with Gasteiger partial charge in [0.1, 0.15) is 11.9 Å². The maximum Gasteiger partial charge on any atom is 0.394 e. The number of hydrogen-bond acceptors (Lipinski definition) is 5. The minimum absolute atomic E-state index is 0.0789. The number of nitrogens with zero attached hydrogens (tertiary/aromatic N) is 1. The van der Waals surface area contributed by atoms with Gasteiger partial charge in [0.05, 0.1) is 24.3 Å². The minimum atomic E-state index is -4.11. The van der Waals surface area contributed by atoms with E-state index in [1.165, 1.54) is 0 Å². The molecule has 0 amide bonds. The van der Waals surface area contributed by atoms with Gasteiger partial charge in [-0.25, -0.2) is 0 Å². The van der Waals surface area contributed by atoms with E-state index in [9.17, 15) is 23.4 Å². The molecule has 0 saturated carbocycles. The lowest BCUT2D eigenvalue weighted by Crippen LogP contribution is -2.36. The Kier molecular flexibility index (Phi) is 11.1. The molecule has 0 bridgehead atoms. The lowest BCUT2D eigenvalue weighted by Gasteiger charge is -2.25. The van der Waals surface area contributed by atoms with E-state index in [4.69, 9.17) is 9.47 Å². The van der Waals surface area contributed by atoms with Gasteiger partial charge in [0.25, 0.3) is 0 Å². The van der Waals surface area contributed by atoms with E-state index in [0.29, 0.717) is 18.6 Å². The second-order valence-corrected chi connectivity index (χ2v) is 7.95. The molecule has 1 aromatic carbocycles. The van der Waals surface area contributed by atoms with Gasteiger partial charge in [-0.3, -0.25) is 4.99 Å². The smallest absolute Gasteiger partial charge is 0.394 e. The SMILES string of the molecule is C=CC(C)C(F)(F)F.C=N/C(=C\C)c1ccc(O[C@H]2O[C@H](CO)C[C@@H](C)C[C@@H]2O)c(C)c1. The third-order valence-electron chi connectivity index (χ3n) is 5.18. The summed E-state index contributed by atoms with van der Waals surface area (Å²) in [6.07, 6.45) is -1.87. The van der Waals surface area contributed by atoms with Crippen molar-refractivity contribution >= 4 is 12.4 Å². The summed E-state index contributed by atoms with van der Waals surface area (Å²) in [4.78, 5) is 3.99. The first-order chi connectivity index (χ1) is 15.0. The Labute approximate surface area is 188 Å². The summed E-state index contributed by atoms with van der Waals surface area (Å²) in [5, 5.41) is 19.8. The summed E-state index contributed by atoms with van der Waals surface area (Å²) < 4.78 is 45.8. The molecule has 0 spiro atoms. The van der Waals surface area contributed by atoms with E-state index in [1.807, 2.05) is 45.0 Å². The van der Waals surface area contributed by atoms with Crippen LogP contribution in [0.2, 0.25) is 0 Å². The zero-order valence-electron chi connectivity index (χ0n) is 19.1. The summed E-state index contributed by atoms with van der Waals surface area (Å²) in [5.74, 6) is -0.471. The number of alkyl halides is 3. The van der Waals surface area contributed by atoms with Crippen LogP contribution in [0.15, 0.2) is 41.9 Å². The van der Waals surface area contributed by atoms with Crippen molar-refractivity contribution in [3.63, 3.8) is 0 Å². The summed E-state index contributed by atoms with van der Waals surface area (Å²) in [7, 11) is 0. The highest BCUT2D eigenvalue weighted by Gasteiger charge is 2.33. The fraction of sp³-hybridized carbons (Fsp3) is 0.542. The molecular weight excluding hydrogens is 423 g/mol. The highest BCUT2D eigenvalue weighted by atomic mass is 19.4. The minimum Gasteiger partial charge on any atom is -0.462 e. The van der Waals surface area contributed by atoms with E-state index in [1.54, 1.807) is 0 Å². The molecule has 1 heterocycles. The van der Waals surface area contributed by atoms with Gasteiger partial charge in [0.15, 0.2) is 0 Å². The molecular formula is C24H34F3NO4. The Morgan fingerprint density at radius 3 is 2.47 bits per heavy atom. The number of halogens is 3. The summed E-state index contributed by atoms with van der Waals surface area (Å²) >= 11 is 0. The van der Waals surface area contributed by atoms with Crippen LogP contribution in [0.1, 0.15) is 44.7 Å². The molecule has 1 saturated heterocycles. The molecule has 1 aromatic rings. The monoisotopic (exact) mass is 457 g/mol. The van der Waals surface area contributed by atoms with Crippen molar-refractivity contribution in [3.8, 4) is 5.75 Å². The number of aliphatic imine (C=N–C) groups is 1. The standard InChI is InChI=1S/C19H27NO4.C5H7F3/c1-5-16(20-4)14-6-7-18(13(3)10-14)24-19-17(22)9-12(2)8-15(11-21)23-19;1-3-4(2)5(6,7)8/h5-7,10,12,15,17,19,21-22H,4,8-9,11H2,1-3H3;3-4H,1H2,2H3/b16-5-;/t12-,15+,17+,19-;/m1./s1. The van der Waals surface area contributed by atoms with Gasteiger partial charge >= 0.3 is 6.18 Å². The van der Waals surface area contributed by atoms with E-state index in [2.05, 4.69) is 18.3 Å². The second-order valence-electron chi connectivity index (χ2n) is 7.95. The van der Waals surface area contributed by atoms with Crippen molar-refractivity contribution in [2.75, 3.05) is 6.61 Å². The second kappa shape index (κ2) is 12.8. The van der Waals surface area contributed by atoms with Crippen LogP contribution in [-0.2, 0) is 4.74 Å². The average molecular weight is 458 g/mol. The van der Waals surface area contributed by atoms with Crippen LogP contribution < -0.4 is 4.74 Å². The van der Waals surface area contributed by atoms with Crippen molar-refractivity contribution in [3.05, 3.63) is 48.1 Å². The molecule has 5 atom stereocenters. The molecule has 180 valence electrons. The van der Waals surface area contributed by atoms with Gasteiger partial charge in [0, 0.05) is 5.56 Å². The Hall–Kier alpha value is -2.16. The molecule has 5 nitrogen and oxygen atoms in total. The van der Waals surface area contributed by atoms with Crippen molar-refractivity contribution in [2.45, 2.75) is 65.2 Å². The normalized spacial score (nSPS) is 25.1. The Balaban J connectivity index is 0.000000547. The number of ether oxygens (including phenoxy) is 2. The molecule has 0 radical (unpaired) electrons. The zero-order chi connectivity index (χ0) is 24.5. The molecule has 0 aliphatic carbocycles. The molecule has 1 fully saturated rings. The number of aliphatic hydroxyl groups is 2. The molecule has 2 N–H and O–H groups in total. The van der Waals surface area contributed by atoms with E-state index in [0.717, 1.165) is 29.8 Å². The Morgan fingerprint density at radius 1 is 1.38 bits per heavy atom. The van der Waals surface area contributed by atoms with Crippen molar-refractivity contribution in [2.24, 2.45) is 16.8 Å². The van der Waals surface area contributed by atoms with E-state index < -0.39 is 24.5 Å². The highest BCUT2D eigenvalue weighted by molar-refractivity contribution is 5.68. The highest BCUT2D eigenvalue weighted by Crippen LogP contribution is 2.29. The maximum absolute atomic E-state index is 11.4. The predicted octanol–water partition coefficient (Wildman–Crippen LogP) is 5.30. The van der Waals surface area contributed by atoms with Crippen molar-refractivity contribution < 1.29 is 32.9 Å². The fourth-order valence-electron chi connectivity index (χ4n) is 3.18. The van der Waals surface area contributed by atoms with Gasteiger partial charge in [-0.05, 0) is 63.1 Å². The topological polar surface area (TPSA) is 71.3 Å². The lowest BCUT2D eigenvalue weighted by atomic mass is 9.98. The predicted molar refractivity (Wildman–Crippen MR) is 121 cm³/mol. The van der Waals surface area contributed by atoms with Crippen LogP contribution in [0.3, 0.4) is 0 Å². The maximum atomic E-state index is 11.4. The number of aliphatic hydroxyl groups excluding tert-OH is 2. The van der Waals surface area contributed by atoms with Crippen LogP contribution in [-0.4, -0.2) is 48.2 Å². The first kappa shape index (κ1) is 27.9. The Morgan fingerprint density at radius 2 is 2.03 bits per heavy atom.